The molecule has 0 atom stereocenters. The van der Waals surface area contributed by atoms with Crippen molar-refractivity contribution in [2.75, 3.05) is 0 Å². The van der Waals surface area contributed by atoms with Crippen LogP contribution in [0.5, 0.6) is 5.75 Å². The van der Waals surface area contributed by atoms with Gasteiger partial charge in [0.2, 0.25) is 11.6 Å². The average Bonchev–Trinajstić information content (AvgIpc) is 2.75. The molecule has 6 heteroatoms. The summed E-state index contributed by atoms with van der Waals surface area (Å²) in [5, 5.41) is 7.56. The number of ether oxygens (including phenoxy) is 1. The Morgan fingerprint density at radius 3 is 2.72 bits per heavy atom. The second-order valence-corrected chi connectivity index (χ2v) is 4.50. The minimum absolute atomic E-state index is 0.0221. The Morgan fingerprint density at radius 1 is 1.39 bits per heavy atom. The molecule has 0 spiro atoms. The fourth-order valence-electron chi connectivity index (χ4n) is 1.41. The van der Waals surface area contributed by atoms with Crippen LogP contribution < -0.4 is 4.74 Å². The van der Waals surface area contributed by atoms with Crippen molar-refractivity contribution in [3.8, 4) is 17.2 Å². The lowest BCUT2D eigenvalue weighted by atomic mass is 10.2. The van der Waals surface area contributed by atoms with Crippen LogP contribution >= 0.6 is 15.9 Å². The van der Waals surface area contributed by atoms with Crippen LogP contribution in [0.4, 0.5) is 5.69 Å². The zero-order valence-electron chi connectivity index (χ0n) is 9.85. The van der Waals surface area contributed by atoms with Crippen LogP contribution in [0.2, 0.25) is 0 Å². The van der Waals surface area contributed by atoms with Crippen LogP contribution in [0, 0.1) is 6.57 Å². The summed E-state index contributed by atoms with van der Waals surface area (Å²) in [7, 11) is 0. The third-order valence-electron chi connectivity index (χ3n) is 2.09. The van der Waals surface area contributed by atoms with Gasteiger partial charge in [0.15, 0.2) is 0 Å². The quantitative estimate of drug-likeness (QED) is 0.808. The summed E-state index contributed by atoms with van der Waals surface area (Å²) in [5.41, 5.74) is 1.12. The molecule has 1 aromatic heterocycles. The SMILES string of the molecule is [C-]#[N+]c1cc(-c2nnc(Br)o2)ccc1OC(C)C. The van der Waals surface area contributed by atoms with Gasteiger partial charge in [-0.15, -0.1) is 10.2 Å². The van der Waals surface area contributed by atoms with Gasteiger partial charge in [0, 0.05) is 21.5 Å². The Bertz CT molecular complexity index is 602. The molecule has 0 aliphatic heterocycles. The fraction of sp³-hybridized carbons (Fsp3) is 0.250. The summed E-state index contributed by atoms with van der Waals surface area (Å²) >= 11 is 3.09. The zero-order valence-corrected chi connectivity index (χ0v) is 11.4. The third kappa shape index (κ3) is 2.68. The molecule has 2 aromatic rings. The molecule has 5 nitrogen and oxygen atoms in total. The molecule has 0 saturated carbocycles. The average molecular weight is 308 g/mol. The van der Waals surface area contributed by atoms with E-state index in [0.717, 1.165) is 0 Å². The van der Waals surface area contributed by atoms with Gasteiger partial charge in [-0.2, -0.15) is 0 Å². The second-order valence-electron chi connectivity index (χ2n) is 3.82. The van der Waals surface area contributed by atoms with Crippen molar-refractivity contribution in [2.45, 2.75) is 20.0 Å². The molecule has 0 aliphatic rings. The smallest absolute Gasteiger partial charge is 0.285 e. The van der Waals surface area contributed by atoms with E-state index in [0.29, 0.717) is 27.7 Å². The first kappa shape index (κ1) is 12.6. The molecule has 0 amide bonds. The van der Waals surface area contributed by atoms with Gasteiger partial charge >= 0.3 is 0 Å². The Morgan fingerprint density at radius 2 is 2.17 bits per heavy atom. The molecule has 0 aliphatic carbocycles. The largest absolute Gasteiger partial charge is 0.502 e. The number of hydrogen-bond donors (Lipinski definition) is 0. The van der Waals surface area contributed by atoms with Gasteiger partial charge in [-0.05, 0) is 32.0 Å². The molecule has 0 fully saturated rings. The van der Waals surface area contributed by atoms with Crippen molar-refractivity contribution in [1.29, 1.82) is 0 Å². The molecule has 0 bridgehead atoms. The number of nitrogens with zero attached hydrogens (tertiary/aromatic N) is 3. The number of halogens is 1. The number of aromatic nitrogens is 2. The van der Waals surface area contributed by atoms with Gasteiger partial charge in [0.1, 0.15) is 5.75 Å². The Balaban J connectivity index is 2.39. The van der Waals surface area contributed by atoms with E-state index in [1.54, 1.807) is 18.2 Å². The summed E-state index contributed by atoms with van der Waals surface area (Å²) in [4.78, 5) is 3.75. The van der Waals surface area contributed by atoms with Crippen molar-refractivity contribution >= 4 is 21.6 Å². The Labute approximate surface area is 113 Å². The topological polar surface area (TPSA) is 52.5 Å². The molecule has 2 rings (SSSR count). The lowest BCUT2D eigenvalue weighted by molar-refractivity contribution is 0.244. The highest BCUT2D eigenvalue weighted by atomic mass is 79.9. The van der Waals surface area contributed by atoms with Crippen LogP contribution in [0.15, 0.2) is 27.4 Å². The van der Waals surface area contributed by atoms with Crippen LogP contribution in [-0.2, 0) is 0 Å². The van der Waals surface area contributed by atoms with E-state index in [4.69, 9.17) is 15.7 Å². The molecular weight excluding hydrogens is 298 g/mol. The second kappa shape index (κ2) is 5.19. The fourth-order valence-corrected chi connectivity index (χ4v) is 1.65. The minimum atomic E-state index is 0.0221. The standard InChI is InChI=1S/C12H10BrN3O2/c1-7(2)17-10-5-4-8(6-9(10)14-3)11-15-16-12(13)18-11/h4-7H,1-2H3. The number of benzene rings is 1. The predicted octanol–water partition coefficient (Wildman–Crippen LogP) is 3.84. The molecule has 1 heterocycles. The lowest BCUT2D eigenvalue weighted by Gasteiger charge is -2.11. The highest BCUT2D eigenvalue weighted by Crippen LogP contribution is 2.33. The molecule has 92 valence electrons. The maximum Gasteiger partial charge on any atom is 0.285 e. The van der Waals surface area contributed by atoms with E-state index in [1.807, 2.05) is 13.8 Å². The van der Waals surface area contributed by atoms with E-state index >= 15 is 0 Å². The van der Waals surface area contributed by atoms with Gasteiger partial charge in [-0.3, -0.25) is 0 Å². The highest BCUT2D eigenvalue weighted by molar-refractivity contribution is 9.10. The summed E-state index contributed by atoms with van der Waals surface area (Å²) < 4.78 is 10.8. The highest BCUT2D eigenvalue weighted by Gasteiger charge is 2.11. The van der Waals surface area contributed by atoms with Gasteiger partial charge in [0.25, 0.3) is 4.80 Å². The first-order valence-electron chi connectivity index (χ1n) is 5.27. The van der Waals surface area contributed by atoms with Crippen molar-refractivity contribution in [3.63, 3.8) is 0 Å². The molecule has 0 radical (unpaired) electrons. The maximum absolute atomic E-state index is 7.16. The number of hydrogen-bond acceptors (Lipinski definition) is 4. The third-order valence-corrected chi connectivity index (χ3v) is 2.41. The van der Waals surface area contributed by atoms with Crippen LogP contribution in [0.3, 0.4) is 0 Å². The van der Waals surface area contributed by atoms with Crippen molar-refractivity contribution in [2.24, 2.45) is 0 Å². The molecule has 0 saturated heterocycles. The number of rotatable bonds is 3. The van der Waals surface area contributed by atoms with E-state index < -0.39 is 0 Å². The Kier molecular flexibility index (Phi) is 3.63. The van der Waals surface area contributed by atoms with Crippen LogP contribution in [0.1, 0.15) is 13.8 Å². The normalized spacial score (nSPS) is 10.4. The Hall–Kier alpha value is -1.87. The zero-order chi connectivity index (χ0) is 13.1. The van der Waals surface area contributed by atoms with Gasteiger partial charge < -0.3 is 9.15 Å². The van der Waals surface area contributed by atoms with Gasteiger partial charge in [-0.25, -0.2) is 4.85 Å². The predicted molar refractivity (Wildman–Crippen MR) is 69.5 cm³/mol. The summed E-state index contributed by atoms with van der Waals surface area (Å²) in [6.07, 6.45) is 0.0221. The van der Waals surface area contributed by atoms with Crippen molar-refractivity contribution in [3.05, 3.63) is 34.4 Å². The van der Waals surface area contributed by atoms with E-state index in [2.05, 4.69) is 31.0 Å². The molecule has 0 unspecified atom stereocenters. The monoisotopic (exact) mass is 307 g/mol. The maximum atomic E-state index is 7.16. The summed E-state index contributed by atoms with van der Waals surface area (Å²) in [6, 6.07) is 5.19. The molecule has 1 aromatic carbocycles. The van der Waals surface area contributed by atoms with Crippen LogP contribution in [0.25, 0.3) is 16.3 Å². The molecular formula is C12H10BrN3O2. The van der Waals surface area contributed by atoms with Gasteiger partial charge in [-0.1, -0.05) is 0 Å². The molecule has 18 heavy (non-hydrogen) atoms. The first-order valence-corrected chi connectivity index (χ1v) is 6.07. The van der Waals surface area contributed by atoms with E-state index in [1.165, 1.54) is 0 Å². The van der Waals surface area contributed by atoms with Crippen molar-refractivity contribution in [1.82, 2.24) is 10.2 Å². The van der Waals surface area contributed by atoms with Crippen LogP contribution in [-0.4, -0.2) is 16.3 Å². The van der Waals surface area contributed by atoms with E-state index in [-0.39, 0.29) is 6.10 Å². The van der Waals surface area contributed by atoms with Crippen molar-refractivity contribution < 1.29 is 9.15 Å². The summed E-state index contributed by atoms with van der Waals surface area (Å²) in [6.45, 7) is 11.0. The van der Waals surface area contributed by atoms with E-state index in [9.17, 15) is 0 Å². The lowest BCUT2D eigenvalue weighted by Crippen LogP contribution is -2.05. The first-order chi connectivity index (χ1) is 8.60. The molecule has 0 N–H and O–H groups in total. The minimum Gasteiger partial charge on any atom is -0.502 e. The van der Waals surface area contributed by atoms with Gasteiger partial charge in [0.05, 0.1) is 12.7 Å². The summed E-state index contributed by atoms with van der Waals surface area (Å²) in [5.74, 6) is 0.921.